The standard InChI is InChI=1S/C11H13NO3/c1-8-5-4-6-9(7-8)10(13)11(2,3)12(14)15/h4-7H,1-3H3. The van der Waals surface area contributed by atoms with Gasteiger partial charge in [-0.2, -0.15) is 0 Å². The Morgan fingerprint density at radius 3 is 2.47 bits per heavy atom. The van der Waals surface area contributed by atoms with E-state index in [9.17, 15) is 14.9 Å². The minimum atomic E-state index is -1.56. The van der Waals surface area contributed by atoms with Crippen LogP contribution in [0.5, 0.6) is 0 Å². The summed E-state index contributed by atoms with van der Waals surface area (Å²) in [6, 6.07) is 6.82. The fourth-order valence-electron chi connectivity index (χ4n) is 1.22. The minimum absolute atomic E-state index is 0.386. The molecule has 4 heteroatoms. The number of ketones is 1. The zero-order valence-electron chi connectivity index (χ0n) is 8.98. The minimum Gasteiger partial charge on any atom is -0.286 e. The molecule has 0 radical (unpaired) electrons. The highest BCUT2D eigenvalue weighted by atomic mass is 16.6. The van der Waals surface area contributed by atoms with Crippen LogP contribution < -0.4 is 0 Å². The summed E-state index contributed by atoms with van der Waals surface area (Å²) in [5.41, 5.74) is -0.259. The van der Waals surface area contributed by atoms with E-state index in [-0.39, 0.29) is 0 Å². The lowest BCUT2D eigenvalue weighted by Crippen LogP contribution is -2.40. The van der Waals surface area contributed by atoms with Crippen molar-refractivity contribution in [2.45, 2.75) is 26.3 Å². The summed E-state index contributed by atoms with van der Waals surface area (Å²) < 4.78 is 0. The van der Waals surface area contributed by atoms with Gasteiger partial charge in [-0.1, -0.05) is 23.8 Å². The first-order valence-electron chi connectivity index (χ1n) is 4.61. The third kappa shape index (κ3) is 2.21. The number of carbonyl (C=O) groups is 1. The predicted molar refractivity (Wildman–Crippen MR) is 56.6 cm³/mol. The van der Waals surface area contributed by atoms with E-state index in [4.69, 9.17) is 0 Å². The normalized spacial score (nSPS) is 11.1. The number of aryl methyl sites for hydroxylation is 1. The van der Waals surface area contributed by atoms with Crippen LogP contribution in [0.2, 0.25) is 0 Å². The molecule has 1 aromatic rings. The smallest absolute Gasteiger partial charge is 0.278 e. The fraction of sp³-hybridized carbons (Fsp3) is 0.364. The summed E-state index contributed by atoms with van der Waals surface area (Å²) in [5, 5.41) is 10.7. The Hall–Kier alpha value is -1.71. The Bertz CT molecular complexity index is 410. The van der Waals surface area contributed by atoms with Crippen molar-refractivity contribution in [1.82, 2.24) is 0 Å². The van der Waals surface area contributed by atoms with Crippen molar-refractivity contribution in [3.63, 3.8) is 0 Å². The highest BCUT2D eigenvalue weighted by molar-refractivity contribution is 6.01. The number of rotatable bonds is 3. The van der Waals surface area contributed by atoms with Crippen LogP contribution in [0.4, 0.5) is 0 Å². The first kappa shape index (κ1) is 11.4. The lowest BCUT2D eigenvalue weighted by atomic mass is 9.93. The van der Waals surface area contributed by atoms with Crippen LogP contribution in [0.25, 0.3) is 0 Å². The second-order valence-electron chi connectivity index (χ2n) is 4.01. The van der Waals surface area contributed by atoms with Gasteiger partial charge >= 0.3 is 0 Å². The van der Waals surface area contributed by atoms with E-state index in [2.05, 4.69) is 0 Å². The molecular formula is C11H13NO3. The average molecular weight is 207 g/mol. The zero-order chi connectivity index (χ0) is 11.6. The van der Waals surface area contributed by atoms with Gasteiger partial charge in [-0.25, -0.2) is 0 Å². The summed E-state index contributed by atoms with van der Waals surface area (Å²) in [6.07, 6.45) is 0. The van der Waals surface area contributed by atoms with Gasteiger partial charge in [0, 0.05) is 24.3 Å². The molecule has 0 atom stereocenters. The molecule has 0 fully saturated rings. The highest BCUT2D eigenvalue weighted by Gasteiger charge is 2.40. The van der Waals surface area contributed by atoms with Crippen molar-refractivity contribution >= 4 is 5.78 Å². The van der Waals surface area contributed by atoms with E-state index in [0.29, 0.717) is 5.56 Å². The van der Waals surface area contributed by atoms with E-state index < -0.39 is 16.2 Å². The fourth-order valence-corrected chi connectivity index (χ4v) is 1.22. The van der Waals surface area contributed by atoms with Crippen molar-refractivity contribution in [3.8, 4) is 0 Å². The summed E-state index contributed by atoms with van der Waals surface area (Å²) in [7, 11) is 0. The molecule has 15 heavy (non-hydrogen) atoms. The molecule has 0 spiro atoms. The van der Waals surface area contributed by atoms with Crippen LogP contribution >= 0.6 is 0 Å². The van der Waals surface area contributed by atoms with Crippen LogP contribution in [0, 0.1) is 17.0 Å². The first-order chi connectivity index (χ1) is 6.85. The summed E-state index contributed by atoms with van der Waals surface area (Å²) >= 11 is 0. The molecule has 0 aliphatic carbocycles. The first-order valence-corrected chi connectivity index (χ1v) is 4.61. The van der Waals surface area contributed by atoms with Gasteiger partial charge in [0.05, 0.1) is 0 Å². The quantitative estimate of drug-likeness (QED) is 0.434. The number of benzene rings is 1. The number of hydrogen-bond donors (Lipinski definition) is 0. The summed E-state index contributed by atoms with van der Waals surface area (Å²) in [4.78, 5) is 22.0. The largest absolute Gasteiger partial charge is 0.286 e. The highest BCUT2D eigenvalue weighted by Crippen LogP contribution is 2.17. The molecule has 1 aromatic carbocycles. The lowest BCUT2D eigenvalue weighted by Gasteiger charge is -2.14. The number of hydrogen-bond acceptors (Lipinski definition) is 3. The molecule has 80 valence electrons. The van der Waals surface area contributed by atoms with E-state index in [1.54, 1.807) is 18.2 Å². The Labute approximate surface area is 88.1 Å². The Kier molecular flexibility index (Phi) is 2.88. The third-order valence-electron chi connectivity index (χ3n) is 2.29. The van der Waals surface area contributed by atoms with E-state index in [1.165, 1.54) is 13.8 Å². The van der Waals surface area contributed by atoms with Crippen LogP contribution in [0.1, 0.15) is 29.8 Å². The van der Waals surface area contributed by atoms with Crippen molar-refractivity contribution in [2.24, 2.45) is 0 Å². The maximum Gasteiger partial charge on any atom is 0.278 e. The van der Waals surface area contributed by atoms with Crippen molar-refractivity contribution in [1.29, 1.82) is 0 Å². The van der Waals surface area contributed by atoms with Crippen molar-refractivity contribution in [3.05, 3.63) is 45.5 Å². The van der Waals surface area contributed by atoms with Gasteiger partial charge in [0.1, 0.15) is 0 Å². The molecule has 0 amide bonds. The van der Waals surface area contributed by atoms with Crippen molar-refractivity contribution < 1.29 is 9.72 Å². The van der Waals surface area contributed by atoms with E-state index in [1.807, 2.05) is 13.0 Å². The van der Waals surface area contributed by atoms with Gasteiger partial charge in [0.2, 0.25) is 5.78 Å². The number of Topliss-reactive ketones (excluding diaryl/α,β-unsaturated/α-hetero) is 1. The molecule has 0 N–H and O–H groups in total. The lowest BCUT2D eigenvalue weighted by molar-refractivity contribution is -0.540. The van der Waals surface area contributed by atoms with E-state index in [0.717, 1.165) is 5.56 Å². The molecule has 0 unspecified atom stereocenters. The molecule has 0 aliphatic heterocycles. The number of carbonyl (C=O) groups excluding carboxylic acids is 1. The molecule has 0 bridgehead atoms. The molecule has 0 saturated heterocycles. The zero-order valence-corrected chi connectivity index (χ0v) is 8.98. The van der Waals surface area contributed by atoms with Crippen LogP contribution in [0.15, 0.2) is 24.3 Å². The van der Waals surface area contributed by atoms with E-state index >= 15 is 0 Å². The van der Waals surface area contributed by atoms with Gasteiger partial charge in [-0.15, -0.1) is 0 Å². The number of nitrogens with zero attached hydrogens (tertiary/aromatic N) is 1. The monoisotopic (exact) mass is 207 g/mol. The van der Waals surface area contributed by atoms with Gasteiger partial charge in [0.25, 0.3) is 5.54 Å². The maximum absolute atomic E-state index is 11.8. The third-order valence-corrected chi connectivity index (χ3v) is 2.29. The van der Waals surface area contributed by atoms with Crippen LogP contribution in [0.3, 0.4) is 0 Å². The Morgan fingerprint density at radius 2 is 2.00 bits per heavy atom. The molecule has 0 aliphatic rings. The van der Waals surface area contributed by atoms with Gasteiger partial charge in [-0.05, 0) is 13.0 Å². The number of nitro groups is 1. The van der Waals surface area contributed by atoms with Crippen LogP contribution in [-0.4, -0.2) is 16.2 Å². The Balaban J connectivity index is 3.10. The SMILES string of the molecule is Cc1cccc(C(=O)C(C)(C)[N+](=O)[O-])c1. The molecule has 1 rings (SSSR count). The van der Waals surface area contributed by atoms with Gasteiger partial charge < -0.3 is 0 Å². The molecular weight excluding hydrogens is 194 g/mol. The van der Waals surface area contributed by atoms with Gasteiger partial charge in [0.15, 0.2) is 0 Å². The van der Waals surface area contributed by atoms with Gasteiger partial charge in [-0.3, -0.25) is 14.9 Å². The van der Waals surface area contributed by atoms with Crippen molar-refractivity contribution in [2.75, 3.05) is 0 Å². The maximum atomic E-state index is 11.8. The Morgan fingerprint density at radius 1 is 1.40 bits per heavy atom. The topological polar surface area (TPSA) is 60.2 Å². The van der Waals surface area contributed by atoms with Crippen LogP contribution in [-0.2, 0) is 0 Å². The molecule has 4 nitrogen and oxygen atoms in total. The molecule has 0 heterocycles. The predicted octanol–water partition coefficient (Wildman–Crippen LogP) is 2.23. The summed E-state index contributed by atoms with van der Waals surface area (Å²) in [6.45, 7) is 4.48. The average Bonchev–Trinajstić information content (AvgIpc) is 2.16. The molecule has 0 saturated carbocycles. The molecule has 0 aromatic heterocycles. The second-order valence-corrected chi connectivity index (χ2v) is 4.01. The second kappa shape index (κ2) is 3.81. The summed E-state index contributed by atoms with van der Waals surface area (Å²) in [5.74, 6) is -0.462.